The van der Waals surface area contributed by atoms with E-state index in [1.165, 1.54) is 12.1 Å². The Morgan fingerprint density at radius 1 is 1.47 bits per heavy atom. The average Bonchev–Trinajstić information content (AvgIpc) is 2.28. The number of phenols is 1. The molecule has 94 valence electrons. The lowest BCUT2D eigenvalue weighted by Crippen LogP contribution is -2.34. The molecule has 1 aromatic rings. The molecule has 1 rings (SSSR count). The zero-order valence-electron chi connectivity index (χ0n) is 10.4. The van der Waals surface area contributed by atoms with Crippen LogP contribution < -0.4 is 0 Å². The van der Waals surface area contributed by atoms with E-state index in [4.69, 9.17) is 11.6 Å². The molecule has 0 spiro atoms. The molecule has 1 aromatic carbocycles. The normalized spacial score (nSPS) is 10.6. The number of phenolic OH excluding ortho intramolecular Hbond substituents is 1. The summed E-state index contributed by atoms with van der Waals surface area (Å²) in [6, 6.07) is 4.51. The number of rotatable bonds is 4. The second-order valence-electron chi connectivity index (χ2n) is 4.40. The van der Waals surface area contributed by atoms with E-state index < -0.39 is 0 Å². The third-order valence-electron chi connectivity index (χ3n) is 2.44. The van der Waals surface area contributed by atoms with E-state index in [2.05, 4.69) is 0 Å². The molecular formula is C13H18ClNO2. The number of carbonyl (C=O) groups excluding carboxylic acids is 1. The van der Waals surface area contributed by atoms with E-state index >= 15 is 0 Å². The first-order valence-electron chi connectivity index (χ1n) is 5.73. The van der Waals surface area contributed by atoms with Crippen molar-refractivity contribution in [2.24, 2.45) is 5.92 Å². The summed E-state index contributed by atoms with van der Waals surface area (Å²) in [4.78, 5) is 13.9. The van der Waals surface area contributed by atoms with Gasteiger partial charge < -0.3 is 10.0 Å². The van der Waals surface area contributed by atoms with Crippen LogP contribution in [0, 0.1) is 5.92 Å². The van der Waals surface area contributed by atoms with Gasteiger partial charge in [-0.3, -0.25) is 4.79 Å². The summed E-state index contributed by atoms with van der Waals surface area (Å²) in [5.74, 6) is 0.183. The fourth-order valence-corrected chi connectivity index (χ4v) is 1.82. The van der Waals surface area contributed by atoms with Crippen LogP contribution in [0.1, 0.15) is 31.1 Å². The van der Waals surface area contributed by atoms with Gasteiger partial charge >= 0.3 is 0 Å². The van der Waals surface area contributed by atoms with E-state index in [1.807, 2.05) is 20.8 Å². The predicted molar refractivity (Wildman–Crippen MR) is 69.5 cm³/mol. The third-order valence-corrected chi connectivity index (χ3v) is 2.68. The number of carbonyl (C=O) groups is 1. The monoisotopic (exact) mass is 255 g/mol. The summed E-state index contributed by atoms with van der Waals surface area (Å²) < 4.78 is 0. The first-order chi connectivity index (χ1) is 7.95. The first kappa shape index (κ1) is 13.8. The molecule has 1 N–H and O–H groups in total. The van der Waals surface area contributed by atoms with Crippen LogP contribution in [0.3, 0.4) is 0 Å². The van der Waals surface area contributed by atoms with Crippen LogP contribution in [0.2, 0.25) is 5.02 Å². The summed E-state index contributed by atoms with van der Waals surface area (Å²) >= 11 is 5.83. The van der Waals surface area contributed by atoms with E-state index in [0.29, 0.717) is 24.0 Å². The summed E-state index contributed by atoms with van der Waals surface area (Å²) in [6.45, 7) is 7.30. The SMILES string of the molecule is CCN(CC(C)C)C(=O)c1cc(Cl)ccc1O. The lowest BCUT2D eigenvalue weighted by Gasteiger charge is -2.23. The van der Waals surface area contributed by atoms with Crippen molar-refractivity contribution < 1.29 is 9.90 Å². The Kier molecular flexibility index (Phi) is 4.82. The summed E-state index contributed by atoms with van der Waals surface area (Å²) in [5.41, 5.74) is 0.264. The largest absolute Gasteiger partial charge is 0.507 e. The zero-order chi connectivity index (χ0) is 13.0. The summed E-state index contributed by atoms with van der Waals surface area (Å²) in [5, 5.41) is 10.1. The minimum atomic E-state index is -0.179. The van der Waals surface area contributed by atoms with Gasteiger partial charge in [0.05, 0.1) is 5.56 Å². The van der Waals surface area contributed by atoms with Gasteiger partial charge in [0.1, 0.15) is 5.75 Å². The number of nitrogens with zero attached hydrogens (tertiary/aromatic N) is 1. The maximum absolute atomic E-state index is 12.2. The van der Waals surface area contributed by atoms with Crippen molar-refractivity contribution in [1.29, 1.82) is 0 Å². The second kappa shape index (κ2) is 5.92. The Labute approximate surface area is 107 Å². The highest BCUT2D eigenvalue weighted by Crippen LogP contribution is 2.23. The topological polar surface area (TPSA) is 40.5 Å². The van der Waals surface area contributed by atoms with Gasteiger partial charge in [-0.2, -0.15) is 0 Å². The van der Waals surface area contributed by atoms with Gasteiger partial charge in [-0.05, 0) is 31.0 Å². The minimum Gasteiger partial charge on any atom is -0.507 e. The Bertz CT molecular complexity index is 404. The van der Waals surface area contributed by atoms with Crippen LogP contribution in [0.25, 0.3) is 0 Å². The Morgan fingerprint density at radius 2 is 2.12 bits per heavy atom. The van der Waals surface area contributed by atoms with Gasteiger partial charge in [-0.15, -0.1) is 0 Å². The van der Waals surface area contributed by atoms with Crippen molar-refractivity contribution in [3.63, 3.8) is 0 Å². The lowest BCUT2D eigenvalue weighted by atomic mass is 10.1. The number of halogens is 1. The van der Waals surface area contributed by atoms with Crippen LogP contribution in [0.15, 0.2) is 18.2 Å². The molecule has 1 amide bonds. The molecular weight excluding hydrogens is 238 g/mol. The molecule has 0 saturated heterocycles. The molecule has 0 atom stereocenters. The highest BCUT2D eigenvalue weighted by atomic mass is 35.5. The first-order valence-corrected chi connectivity index (χ1v) is 6.11. The lowest BCUT2D eigenvalue weighted by molar-refractivity contribution is 0.0742. The number of amides is 1. The van der Waals surface area contributed by atoms with Gasteiger partial charge in [0, 0.05) is 18.1 Å². The molecule has 0 aliphatic heterocycles. The highest BCUT2D eigenvalue weighted by Gasteiger charge is 2.18. The Morgan fingerprint density at radius 3 is 2.65 bits per heavy atom. The van der Waals surface area contributed by atoms with Crippen molar-refractivity contribution in [1.82, 2.24) is 4.90 Å². The summed E-state index contributed by atoms with van der Waals surface area (Å²) in [7, 11) is 0. The number of aromatic hydroxyl groups is 1. The average molecular weight is 256 g/mol. The number of benzene rings is 1. The summed E-state index contributed by atoms with van der Waals surface area (Å²) in [6.07, 6.45) is 0. The molecule has 0 aliphatic rings. The van der Waals surface area contributed by atoms with Crippen LogP contribution in [-0.2, 0) is 0 Å². The van der Waals surface area contributed by atoms with E-state index in [0.717, 1.165) is 0 Å². The molecule has 0 radical (unpaired) electrons. The van der Waals surface area contributed by atoms with E-state index in [-0.39, 0.29) is 17.2 Å². The van der Waals surface area contributed by atoms with Gasteiger partial charge in [0.15, 0.2) is 0 Å². The molecule has 4 heteroatoms. The molecule has 0 aliphatic carbocycles. The van der Waals surface area contributed by atoms with Crippen LogP contribution >= 0.6 is 11.6 Å². The van der Waals surface area contributed by atoms with Crippen LogP contribution in [-0.4, -0.2) is 29.0 Å². The highest BCUT2D eigenvalue weighted by molar-refractivity contribution is 6.31. The Hall–Kier alpha value is -1.22. The van der Waals surface area contributed by atoms with Crippen molar-refractivity contribution in [3.05, 3.63) is 28.8 Å². The molecule has 0 saturated carbocycles. The minimum absolute atomic E-state index is 0.0263. The predicted octanol–water partition coefficient (Wildman–Crippen LogP) is 3.16. The molecule has 0 bridgehead atoms. The van der Waals surface area contributed by atoms with Crippen LogP contribution in [0.5, 0.6) is 5.75 Å². The molecule has 0 fully saturated rings. The quantitative estimate of drug-likeness (QED) is 0.898. The number of hydrogen-bond acceptors (Lipinski definition) is 2. The van der Waals surface area contributed by atoms with Crippen LogP contribution in [0.4, 0.5) is 0 Å². The number of hydrogen-bond donors (Lipinski definition) is 1. The Balaban J connectivity index is 2.97. The van der Waals surface area contributed by atoms with Crippen molar-refractivity contribution in [2.45, 2.75) is 20.8 Å². The second-order valence-corrected chi connectivity index (χ2v) is 4.84. The maximum Gasteiger partial charge on any atom is 0.257 e. The fraction of sp³-hybridized carbons (Fsp3) is 0.462. The van der Waals surface area contributed by atoms with Crippen molar-refractivity contribution in [3.8, 4) is 5.75 Å². The van der Waals surface area contributed by atoms with E-state index in [9.17, 15) is 9.90 Å². The molecule has 3 nitrogen and oxygen atoms in total. The van der Waals surface area contributed by atoms with Gasteiger partial charge in [0.25, 0.3) is 5.91 Å². The third kappa shape index (κ3) is 3.63. The molecule has 0 unspecified atom stereocenters. The van der Waals surface area contributed by atoms with Gasteiger partial charge in [-0.25, -0.2) is 0 Å². The molecule has 0 heterocycles. The zero-order valence-corrected chi connectivity index (χ0v) is 11.2. The van der Waals surface area contributed by atoms with Crippen molar-refractivity contribution >= 4 is 17.5 Å². The van der Waals surface area contributed by atoms with E-state index in [1.54, 1.807) is 11.0 Å². The molecule has 17 heavy (non-hydrogen) atoms. The van der Waals surface area contributed by atoms with Gasteiger partial charge in [-0.1, -0.05) is 25.4 Å². The maximum atomic E-state index is 12.2. The van der Waals surface area contributed by atoms with Crippen molar-refractivity contribution in [2.75, 3.05) is 13.1 Å². The fourth-order valence-electron chi connectivity index (χ4n) is 1.65. The molecule has 0 aromatic heterocycles. The standard InChI is InChI=1S/C13H18ClNO2/c1-4-15(8-9(2)3)13(17)11-7-10(14)5-6-12(11)16/h5-7,9,16H,4,8H2,1-3H3. The smallest absolute Gasteiger partial charge is 0.257 e. The van der Waals surface area contributed by atoms with Gasteiger partial charge in [0.2, 0.25) is 0 Å².